The molecule has 50 heavy (non-hydrogen) atoms. The average Bonchev–Trinajstić information content (AvgIpc) is 3.81. The molecule has 3 unspecified atom stereocenters. The monoisotopic (exact) mass is 675 g/mol. The number of ether oxygens (including phenoxy) is 2. The summed E-state index contributed by atoms with van der Waals surface area (Å²) in [7, 11) is 0. The molecule has 0 saturated heterocycles. The second-order valence-corrected chi connectivity index (χ2v) is 14.0. The van der Waals surface area contributed by atoms with Gasteiger partial charge in [0.1, 0.15) is 22.9 Å². The predicted octanol–water partition coefficient (Wildman–Crippen LogP) is 8.02. The summed E-state index contributed by atoms with van der Waals surface area (Å²) in [5.74, 6) is 2.64. The predicted molar refractivity (Wildman–Crippen MR) is 192 cm³/mol. The van der Waals surface area contributed by atoms with E-state index in [-0.39, 0.29) is 17.5 Å². The summed E-state index contributed by atoms with van der Waals surface area (Å²) in [4.78, 5) is 35.0. The quantitative estimate of drug-likeness (QED) is 0.0960. The van der Waals surface area contributed by atoms with Gasteiger partial charge < -0.3 is 14.8 Å². The van der Waals surface area contributed by atoms with E-state index in [4.69, 9.17) is 21.0 Å². The molecule has 3 heterocycles. The van der Waals surface area contributed by atoms with Crippen molar-refractivity contribution in [1.29, 1.82) is 0 Å². The van der Waals surface area contributed by atoms with Gasteiger partial charge in [-0.15, -0.1) is 0 Å². The summed E-state index contributed by atoms with van der Waals surface area (Å²) in [6.45, 7) is 20.9. The molecule has 1 aliphatic rings. The SMILES string of the molecule is [C-]#[N+]c1c(CC2C(C)CC(C)CC2C)c2nc(Cc3ccc(NC(=O)C(CC)Oc4ccc(C)cc4C)cc3)[nH]n2c1OC(=O)c1ccn[nH]1. The number of nitrogens with zero attached hydrogens (tertiary/aromatic N) is 4. The Labute approximate surface area is 292 Å². The van der Waals surface area contributed by atoms with Gasteiger partial charge in [0, 0.05) is 23.9 Å². The van der Waals surface area contributed by atoms with Crippen LogP contribution in [0.15, 0.2) is 54.7 Å². The Morgan fingerprint density at radius 3 is 2.46 bits per heavy atom. The molecule has 5 aromatic rings. The van der Waals surface area contributed by atoms with Crippen LogP contribution in [0.25, 0.3) is 10.5 Å². The Bertz CT molecular complexity index is 2010. The fourth-order valence-electron chi connectivity index (χ4n) is 7.51. The van der Waals surface area contributed by atoms with Crippen molar-refractivity contribution < 1.29 is 19.1 Å². The first kappa shape index (κ1) is 34.5. The van der Waals surface area contributed by atoms with Crippen molar-refractivity contribution in [2.45, 2.75) is 79.8 Å². The largest absolute Gasteiger partial charge is 0.480 e. The first-order valence-corrected chi connectivity index (χ1v) is 17.4. The number of fused-ring (bicyclic) bond motifs is 1. The molecule has 0 bridgehead atoms. The van der Waals surface area contributed by atoms with E-state index in [1.54, 1.807) is 4.52 Å². The van der Waals surface area contributed by atoms with Crippen LogP contribution in [0, 0.1) is 44.1 Å². The van der Waals surface area contributed by atoms with Crippen molar-refractivity contribution in [2.75, 3.05) is 5.32 Å². The fourth-order valence-corrected chi connectivity index (χ4v) is 7.51. The van der Waals surface area contributed by atoms with E-state index in [1.165, 1.54) is 12.3 Å². The number of carbonyl (C=O) groups is 2. The lowest BCUT2D eigenvalue weighted by molar-refractivity contribution is -0.122. The Morgan fingerprint density at radius 2 is 1.82 bits per heavy atom. The van der Waals surface area contributed by atoms with Crippen LogP contribution in [0.1, 0.15) is 85.5 Å². The summed E-state index contributed by atoms with van der Waals surface area (Å²) in [5, 5.41) is 12.8. The number of anilines is 1. The maximum atomic E-state index is 13.1. The molecule has 0 spiro atoms. The minimum atomic E-state index is -0.634. The summed E-state index contributed by atoms with van der Waals surface area (Å²) in [5.41, 5.74) is 5.63. The van der Waals surface area contributed by atoms with Crippen molar-refractivity contribution in [3.63, 3.8) is 0 Å². The summed E-state index contributed by atoms with van der Waals surface area (Å²) in [6, 6.07) is 15.1. The first-order valence-electron chi connectivity index (χ1n) is 17.4. The van der Waals surface area contributed by atoms with Gasteiger partial charge >= 0.3 is 5.97 Å². The molecule has 3 aromatic heterocycles. The summed E-state index contributed by atoms with van der Waals surface area (Å²) in [6.07, 6.45) is 4.78. The molecule has 6 rings (SSSR count). The lowest BCUT2D eigenvalue weighted by atomic mass is 9.67. The average molecular weight is 676 g/mol. The van der Waals surface area contributed by atoms with E-state index < -0.39 is 12.1 Å². The third kappa shape index (κ3) is 7.30. The number of hydrogen-bond acceptors (Lipinski definition) is 6. The standard InChI is InChI=1S/C39H45N7O4/c1-8-32(49-33-14-9-22(2)17-26(33)6)37(47)42-28-12-10-27(11-13-28)20-34-43-36-30(21-29-24(4)18-23(3)19-25(29)5)35(40-7)38(46(36)45-34)50-39(48)31-15-16-41-44-31/h9-17,23-25,29,32H,8,18-21H2,1-6H3,(H,41,44)(H,42,47)(H,43,45). The van der Waals surface area contributed by atoms with Crippen molar-refractivity contribution in [3.8, 4) is 11.6 Å². The fraction of sp³-hybridized carbons (Fsp3) is 0.410. The number of esters is 1. The maximum Gasteiger partial charge on any atom is 0.361 e. The van der Waals surface area contributed by atoms with Crippen LogP contribution >= 0.6 is 0 Å². The van der Waals surface area contributed by atoms with Crippen molar-refractivity contribution in [1.82, 2.24) is 24.8 Å². The third-order valence-corrected chi connectivity index (χ3v) is 9.98. The molecule has 1 saturated carbocycles. The van der Waals surface area contributed by atoms with Crippen LogP contribution < -0.4 is 14.8 Å². The number of hydrogen-bond donors (Lipinski definition) is 3. The minimum Gasteiger partial charge on any atom is -0.480 e. The number of carbonyl (C=O) groups excluding carboxylic acids is 2. The molecule has 11 heteroatoms. The molecular formula is C39H45N7O4. The molecule has 0 radical (unpaired) electrons. The van der Waals surface area contributed by atoms with Crippen LogP contribution in [-0.2, 0) is 17.6 Å². The molecule has 1 amide bonds. The number of H-pyrrole nitrogens is 2. The van der Waals surface area contributed by atoms with Crippen LogP contribution in [0.2, 0.25) is 0 Å². The minimum absolute atomic E-state index is 0.124. The van der Waals surface area contributed by atoms with Gasteiger partial charge in [-0.2, -0.15) is 5.10 Å². The molecule has 1 aliphatic carbocycles. The van der Waals surface area contributed by atoms with Crippen LogP contribution in [0.5, 0.6) is 11.6 Å². The lowest BCUT2D eigenvalue weighted by Crippen LogP contribution is -2.32. The van der Waals surface area contributed by atoms with Gasteiger partial charge in [-0.1, -0.05) is 57.5 Å². The number of aryl methyl sites for hydroxylation is 2. The topological polar surface area (TPSA) is 131 Å². The third-order valence-electron chi connectivity index (χ3n) is 9.98. The lowest BCUT2D eigenvalue weighted by Gasteiger charge is -2.38. The van der Waals surface area contributed by atoms with Gasteiger partial charge in [-0.25, -0.2) is 19.1 Å². The van der Waals surface area contributed by atoms with E-state index in [9.17, 15) is 9.59 Å². The van der Waals surface area contributed by atoms with Crippen molar-refractivity contribution >= 4 is 28.9 Å². The molecule has 260 valence electrons. The van der Waals surface area contributed by atoms with E-state index in [0.29, 0.717) is 71.5 Å². The van der Waals surface area contributed by atoms with E-state index in [2.05, 4.69) is 46.2 Å². The molecular weight excluding hydrogens is 630 g/mol. The van der Waals surface area contributed by atoms with E-state index >= 15 is 0 Å². The second kappa shape index (κ2) is 14.6. The van der Waals surface area contributed by atoms with Gasteiger partial charge in [0.2, 0.25) is 5.88 Å². The Balaban J connectivity index is 1.23. The first-order chi connectivity index (χ1) is 24.0. The molecule has 11 nitrogen and oxygen atoms in total. The van der Waals surface area contributed by atoms with Gasteiger partial charge in [0.25, 0.3) is 11.6 Å². The number of amides is 1. The Kier molecular flexibility index (Phi) is 10.1. The van der Waals surface area contributed by atoms with E-state index in [0.717, 1.165) is 35.1 Å². The number of aromatic amines is 2. The number of aromatic nitrogens is 5. The number of rotatable bonds is 11. The number of nitrogens with one attached hydrogen (secondary N) is 3. The molecule has 3 N–H and O–H groups in total. The van der Waals surface area contributed by atoms with Gasteiger partial charge in [-0.05, 0) is 98.6 Å². The zero-order chi connectivity index (χ0) is 35.5. The number of benzene rings is 2. The smallest absolute Gasteiger partial charge is 0.361 e. The van der Waals surface area contributed by atoms with Gasteiger partial charge in [-0.3, -0.25) is 15.0 Å². The molecule has 3 atom stereocenters. The van der Waals surface area contributed by atoms with Crippen LogP contribution in [0.4, 0.5) is 11.4 Å². The highest BCUT2D eigenvalue weighted by Crippen LogP contribution is 2.44. The van der Waals surface area contributed by atoms with E-state index in [1.807, 2.05) is 63.2 Å². The van der Waals surface area contributed by atoms with Gasteiger partial charge in [0.15, 0.2) is 6.10 Å². The molecule has 0 aliphatic heterocycles. The van der Waals surface area contributed by atoms with Gasteiger partial charge in [0.05, 0.1) is 6.57 Å². The summed E-state index contributed by atoms with van der Waals surface area (Å²) >= 11 is 0. The molecule has 2 aromatic carbocycles. The van der Waals surface area contributed by atoms with Crippen molar-refractivity contribution in [2.24, 2.45) is 23.7 Å². The highest BCUT2D eigenvalue weighted by Gasteiger charge is 2.35. The summed E-state index contributed by atoms with van der Waals surface area (Å²) < 4.78 is 13.5. The Hall–Kier alpha value is -5.37. The zero-order valence-electron chi connectivity index (χ0n) is 29.5. The van der Waals surface area contributed by atoms with Crippen LogP contribution in [-0.4, -0.2) is 42.8 Å². The Morgan fingerprint density at radius 1 is 1.08 bits per heavy atom. The highest BCUT2D eigenvalue weighted by atomic mass is 16.5. The highest BCUT2D eigenvalue weighted by molar-refractivity contribution is 5.94. The van der Waals surface area contributed by atoms with Crippen molar-refractivity contribution in [3.05, 3.63) is 99.9 Å². The van der Waals surface area contributed by atoms with Crippen LogP contribution in [0.3, 0.4) is 0 Å². The zero-order valence-corrected chi connectivity index (χ0v) is 29.5. The normalized spacial score (nSPS) is 19.5. The second-order valence-electron chi connectivity index (χ2n) is 14.0. The maximum absolute atomic E-state index is 13.1. The molecule has 1 fully saturated rings.